The van der Waals surface area contributed by atoms with Crippen molar-refractivity contribution < 1.29 is 4.79 Å². The normalized spacial score (nSPS) is 23.9. The van der Waals surface area contributed by atoms with Gasteiger partial charge in [0.2, 0.25) is 5.91 Å². The Kier molecular flexibility index (Phi) is 3.52. The smallest absolute Gasteiger partial charge is 0.246 e. The molecule has 4 nitrogen and oxygen atoms in total. The van der Waals surface area contributed by atoms with Crippen LogP contribution in [0.4, 0.5) is 5.69 Å². The van der Waals surface area contributed by atoms with E-state index in [1.54, 1.807) is 11.9 Å². The number of nitrogens with zero attached hydrogens (tertiary/aromatic N) is 3. The van der Waals surface area contributed by atoms with Gasteiger partial charge in [-0.1, -0.05) is 18.2 Å². The van der Waals surface area contributed by atoms with Gasteiger partial charge in [0.1, 0.15) is 6.04 Å². The van der Waals surface area contributed by atoms with Crippen molar-refractivity contribution in [2.45, 2.75) is 25.4 Å². The number of piperazine rings is 1. The van der Waals surface area contributed by atoms with Crippen LogP contribution in [0.5, 0.6) is 0 Å². The minimum atomic E-state index is -0.362. The minimum absolute atomic E-state index is 0.0270. The van der Waals surface area contributed by atoms with E-state index in [0.717, 1.165) is 12.2 Å². The van der Waals surface area contributed by atoms with E-state index in [1.807, 2.05) is 42.2 Å². The fraction of sp³-hybridized carbons (Fsp3) is 0.429. The molecule has 0 spiro atoms. The van der Waals surface area contributed by atoms with Gasteiger partial charge in [-0.3, -0.25) is 4.79 Å². The van der Waals surface area contributed by atoms with Gasteiger partial charge in [0, 0.05) is 25.3 Å². The number of carbonyl (C=O) groups excluding carboxylic acids is 1. The van der Waals surface area contributed by atoms with Gasteiger partial charge in [-0.25, -0.2) is 0 Å². The summed E-state index contributed by atoms with van der Waals surface area (Å²) in [6.45, 7) is 2.79. The minimum Gasteiger partial charge on any atom is -0.357 e. The first kappa shape index (κ1) is 12.4. The number of likely N-dealkylation sites (N-methyl/N-ethyl adjacent to an activating group) is 1. The molecule has 1 aliphatic rings. The molecular weight excluding hydrogens is 226 g/mol. The van der Waals surface area contributed by atoms with Crippen LogP contribution in [-0.4, -0.2) is 36.5 Å². The topological polar surface area (TPSA) is 47.3 Å². The lowest BCUT2D eigenvalue weighted by Gasteiger charge is -2.43. The lowest BCUT2D eigenvalue weighted by Crippen LogP contribution is -2.59. The molecule has 1 fully saturated rings. The van der Waals surface area contributed by atoms with Gasteiger partial charge in [-0.15, -0.1) is 0 Å². The highest BCUT2D eigenvalue weighted by molar-refractivity contribution is 5.87. The van der Waals surface area contributed by atoms with Crippen LogP contribution in [0.1, 0.15) is 13.3 Å². The van der Waals surface area contributed by atoms with Gasteiger partial charge in [-0.05, 0) is 19.1 Å². The summed E-state index contributed by atoms with van der Waals surface area (Å²) in [7, 11) is 1.81. The van der Waals surface area contributed by atoms with E-state index in [9.17, 15) is 4.79 Å². The molecule has 2 rings (SSSR count). The van der Waals surface area contributed by atoms with Crippen LogP contribution in [-0.2, 0) is 4.79 Å². The number of carbonyl (C=O) groups is 1. The molecule has 0 radical (unpaired) electrons. The summed E-state index contributed by atoms with van der Waals surface area (Å²) >= 11 is 0. The molecule has 18 heavy (non-hydrogen) atoms. The van der Waals surface area contributed by atoms with E-state index < -0.39 is 0 Å². The average molecular weight is 243 g/mol. The van der Waals surface area contributed by atoms with Crippen molar-refractivity contribution in [3.8, 4) is 6.07 Å². The van der Waals surface area contributed by atoms with Gasteiger partial charge < -0.3 is 9.80 Å². The molecule has 1 saturated heterocycles. The molecular formula is C14H17N3O. The van der Waals surface area contributed by atoms with Crippen molar-refractivity contribution >= 4 is 11.6 Å². The van der Waals surface area contributed by atoms with Crippen LogP contribution in [0.25, 0.3) is 0 Å². The van der Waals surface area contributed by atoms with Crippen molar-refractivity contribution in [2.75, 3.05) is 18.5 Å². The van der Waals surface area contributed by atoms with Crippen LogP contribution in [0.15, 0.2) is 30.3 Å². The van der Waals surface area contributed by atoms with Crippen LogP contribution >= 0.6 is 0 Å². The Morgan fingerprint density at radius 3 is 2.67 bits per heavy atom. The van der Waals surface area contributed by atoms with E-state index in [2.05, 4.69) is 6.07 Å². The summed E-state index contributed by atoms with van der Waals surface area (Å²) in [5.41, 5.74) is 1.01. The van der Waals surface area contributed by atoms with Crippen LogP contribution < -0.4 is 4.90 Å². The fourth-order valence-electron chi connectivity index (χ4n) is 2.31. The molecule has 0 N–H and O–H groups in total. The number of para-hydroxylation sites is 1. The highest BCUT2D eigenvalue weighted by Gasteiger charge is 2.36. The molecule has 0 saturated carbocycles. The van der Waals surface area contributed by atoms with E-state index in [4.69, 9.17) is 5.26 Å². The van der Waals surface area contributed by atoms with Crippen molar-refractivity contribution in [1.29, 1.82) is 5.26 Å². The molecule has 1 aromatic carbocycles. The van der Waals surface area contributed by atoms with Gasteiger partial charge in [0.25, 0.3) is 0 Å². The van der Waals surface area contributed by atoms with Crippen molar-refractivity contribution in [3.05, 3.63) is 30.3 Å². The maximum absolute atomic E-state index is 12.2. The second-order valence-corrected chi connectivity index (χ2v) is 4.66. The maximum atomic E-state index is 12.2. The predicted octanol–water partition coefficient (Wildman–Crippen LogP) is 1.64. The monoisotopic (exact) mass is 243 g/mol. The maximum Gasteiger partial charge on any atom is 0.246 e. The molecule has 0 aromatic heterocycles. The highest BCUT2D eigenvalue weighted by Crippen LogP contribution is 2.24. The predicted molar refractivity (Wildman–Crippen MR) is 70.0 cm³/mol. The molecule has 0 aliphatic carbocycles. The van der Waals surface area contributed by atoms with Gasteiger partial charge in [0.15, 0.2) is 0 Å². The zero-order chi connectivity index (χ0) is 13.1. The van der Waals surface area contributed by atoms with E-state index >= 15 is 0 Å². The molecule has 1 heterocycles. The van der Waals surface area contributed by atoms with E-state index in [-0.39, 0.29) is 24.4 Å². The first-order chi connectivity index (χ1) is 8.65. The number of rotatable bonds is 2. The largest absolute Gasteiger partial charge is 0.357 e. The third-order valence-electron chi connectivity index (χ3n) is 3.50. The summed E-state index contributed by atoms with van der Waals surface area (Å²) in [6.07, 6.45) is 0.227. The second kappa shape index (κ2) is 5.09. The Balaban J connectivity index is 2.32. The molecule has 1 amide bonds. The molecule has 4 heteroatoms. The van der Waals surface area contributed by atoms with Gasteiger partial charge >= 0.3 is 0 Å². The zero-order valence-electron chi connectivity index (χ0n) is 10.7. The van der Waals surface area contributed by atoms with Crippen LogP contribution in [0.2, 0.25) is 0 Å². The first-order valence-corrected chi connectivity index (χ1v) is 6.10. The SMILES string of the molecule is CC1CN(c2ccccc2)C(CC#N)C(=O)N1C. The number of hydrogen-bond donors (Lipinski definition) is 0. The Morgan fingerprint density at radius 1 is 1.39 bits per heavy atom. The van der Waals surface area contributed by atoms with E-state index in [0.29, 0.717) is 0 Å². The Labute approximate surface area is 107 Å². The standard InChI is InChI=1S/C14H17N3O/c1-11-10-17(12-6-4-3-5-7-12)13(8-9-15)14(18)16(11)2/h3-7,11,13H,8,10H2,1-2H3. The van der Waals surface area contributed by atoms with Gasteiger partial charge in [0.05, 0.1) is 12.5 Å². The molecule has 2 atom stereocenters. The van der Waals surface area contributed by atoms with Gasteiger partial charge in [-0.2, -0.15) is 5.26 Å². The number of amides is 1. The quantitative estimate of drug-likeness (QED) is 0.793. The van der Waals surface area contributed by atoms with E-state index in [1.165, 1.54) is 0 Å². The Hall–Kier alpha value is -2.02. The Morgan fingerprint density at radius 2 is 2.06 bits per heavy atom. The third-order valence-corrected chi connectivity index (χ3v) is 3.50. The fourth-order valence-corrected chi connectivity index (χ4v) is 2.31. The summed E-state index contributed by atoms with van der Waals surface area (Å²) in [5, 5.41) is 8.91. The zero-order valence-corrected chi connectivity index (χ0v) is 10.7. The average Bonchev–Trinajstić information content (AvgIpc) is 2.40. The lowest BCUT2D eigenvalue weighted by atomic mass is 10.0. The summed E-state index contributed by atoms with van der Waals surface area (Å²) in [5.74, 6) is 0.0270. The molecule has 94 valence electrons. The second-order valence-electron chi connectivity index (χ2n) is 4.66. The molecule has 2 unspecified atom stereocenters. The number of anilines is 1. The number of benzene rings is 1. The van der Waals surface area contributed by atoms with Crippen molar-refractivity contribution in [1.82, 2.24) is 4.90 Å². The molecule has 1 aliphatic heterocycles. The summed E-state index contributed by atoms with van der Waals surface area (Å²) in [4.78, 5) is 16.0. The third kappa shape index (κ3) is 2.17. The molecule has 0 bridgehead atoms. The molecule has 1 aromatic rings. The number of nitriles is 1. The Bertz CT molecular complexity index is 466. The van der Waals surface area contributed by atoms with Crippen LogP contribution in [0.3, 0.4) is 0 Å². The summed E-state index contributed by atoms with van der Waals surface area (Å²) < 4.78 is 0. The van der Waals surface area contributed by atoms with Crippen molar-refractivity contribution in [2.24, 2.45) is 0 Å². The van der Waals surface area contributed by atoms with Crippen LogP contribution in [0, 0.1) is 11.3 Å². The number of hydrogen-bond acceptors (Lipinski definition) is 3. The lowest BCUT2D eigenvalue weighted by molar-refractivity contribution is -0.134. The van der Waals surface area contributed by atoms with Crippen molar-refractivity contribution in [3.63, 3.8) is 0 Å². The summed E-state index contributed by atoms with van der Waals surface area (Å²) in [6, 6.07) is 11.7. The first-order valence-electron chi connectivity index (χ1n) is 6.10. The highest BCUT2D eigenvalue weighted by atomic mass is 16.2.